The van der Waals surface area contributed by atoms with E-state index in [2.05, 4.69) is 10.1 Å². The standard InChI is InChI=1S/C12H11FN4/c1-8-5-6-9(2)17(8)12-14-11-10(13)4-3-7-16(11)15-12/h3-7H,1-2H3. The highest BCUT2D eigenvalue weighted by molar-refractivity contribution is 5.42. The van der Waals surface area contributed by atoms with Gasteiger partial charge >= 0.3 is 0 Å². The van der Waals surface area contributed by atoms with E-state index < -0.39 is 0 Å². The van der Waals surface area contributed by atoms with Crippen molar-refractivity contribution in [3.8, 4) is 5.95 Å². The number of aryl methyl sites for hydroxylation is 2. The van der Waals surface area contributed by atoms with E-state index in [9.17, 15) is 4.39 Å². The Morgan fingerprint density at radius 2 is 1.82 bits per heavy atom. The Labute approximate surface area is 97.3 Å². The highest BCUT2D eigenvalue weighted by Crippen LogP contribution is 2.15. The van der Waals surface area contributed by atoms with Gasteiger partial charge in [0.2, 0.25) is 0 Å². The van der Waals surface area contributed by atoms with Crippen LogP contribution in [-0.2, 0) is 0 Å². The second-order valence-corrected chi connectivity index (χ2v) is 3.99. The van der Waals surface area contributed by atoms with Gasteiger partial charge in [-0.1, -0.05) is 0 Å². The van der Waals surface area contributed by atoms with E-state index >= 15 is 0 Å². The van der Waals surface area contributed by atoms with Crippen LogP contribution in [0, 0.1) is 19.7 Å². The third-order valence-corrected chi connectivity index (χ3v) is 2.77. The van der Waals surface area contributed by atoms with Gasteiger partial charge < -0.3 is 0 Å². The molecule has 0 unspecified atom stereocenters. The summed E-state index contributed by atoms with van der Waals surface area (Å²) in [6, 6.07) is 6.95. The second-order valence-electron chi connectivity index (χ2n) is 3.99. The molecule has 0 spiro atoms. The van der Waals surface area contributed by atoms with E-state index in [0.717, 1.165) is 11.4 Å². The number of fused-ring (bicyclic) bond motifs is 1. The minimum atomic E-state index is -0.367. The smallest absolute Gasteiger partial charge is 0.254 e. The lowest BCUT2D eigenvalue weighted by atomic mass is 10.5. The maximum Gasteiger partial charge on any atom is 0.254 e. The molecule has 0 aromatic carbocycles. The van der Waals surface area contributed by atoms with Crippen molar-refractivity contribution in [2.75, 3.05) is 0 Å². The van der Waals surface area contributed by atoms with Gasteiger partial charge in [-0.15, -0.1) is 5.10 Å². The molecule has 0 amide bonds. The van der Waals surface area contributed by atoms with Gasteiger partial charge in [-0.05, 0) is 38.1 Å². The van der Waals surface area contributed by atoms with Crippen LogP contribution in [0.2, 0.25) is 0 Å². The fourth-order valence-electron chi connectivity index (χ4n) is 1.94. The first-order chi connectivity index (χ1) is 8.16. The SMILES string of the molecule is Cc1ccc(C)n1-c1nc2c(F)cccn2n1. The molecule has 0 fully saturated rings. The Morgan fingerprint density at radius 1 is 1.12 bits per heavy atom. The number of halogens is 1. The van der Waals surface area contributed by atoms with E-state index in [4.69, 9.17) is 0 Å². The molecule has 5 heteroatoms. The molecular weight excluding hydrogens is 219 g/mol. The topological polar surface area (TPSA) is 35.1 Å². The average Bonchev–Trinajstić information content (AvgIpc) is 2.84. The molecule has 0 aliphatic heterocycles. The van der Waals surface area contributed by atoms with Crippen LogP contribution in [0.4, 0.5) is 4.39 Å². The van der Waals surface area contributed by atoms with Gasteiger partial charge in [0, 0.05) is 17.6 Å². The largest absolute Gasteiger partial charge is 0.286 e. The van der Waals surface area contributed by atoms with E-state index in [0.29, 0.717) is 5.95 Å². The Balaban J connectivity index is 2.29. The van der Waals surface area contributed by atoms with Crippen molar-refractivity contribution in [3.05, 3.63) is 47.7 Å². The average molecular weight is 230 g/mol. The maximum atomic E-state index is 13.5. The van der Waals surface area contributed by atoms with Crippen molar-refractivity contribution in [1.82, 2.24) is 19.2 Å². The number of pyridine rings is 1. The Morgan fingerprint density at radius 3 is 2.47 bits per heavy atom. The van der Waals surface area contributed by atoms with Crippen molar-refractivity contribution in [2.45, 2.75) is 13.8 Å². The summed E-state index contributed by atoms with van der Waals surface area (Å²) in [6.45, 7) is 3.93. The van der Waals surface area contributed by atoms with E-state index in [1.165, 1.54) is 10.6 Å². The highest BCUT2D eigenvalue weighted by atomic mass is 19.1. The van der Waals surface area contributed by atoms with Crippen molar-refractivity contribution >= 4 is 5.65 Å². The number of hydrogen-bond acceptors (Lipinski definition) is 2. The Kier molecular flexibility index (Phi) is 2.01. The van der Waals surface area contributed by atoms with Crippen molar-refractivity contribution < 1.29 is 4.39 Å². The Hall–Kier alpha value is -2.17. The predicted molar refractivity (Wildman–Crippen MR) is 61.7 cm³/mol. The zero-order valence-corrected chi connectivity index (χ0v) is 9.55. The van der Waals surface area contributed by atoms with Crippen molar-refractivity contribution in [1.29, 1.82) is 0 Å². The third kappa shape index (κ3) is 1.43. The summed E-state index contributed by atoms with van der Waals surface area (Å²) in [6.07, 6.45) is 1.68. The van der Waals surface area contributed by atoms with Crippen LogP contribution in [0.1, 0.15) is 11.4 Å². The van der Waals surface area contributed by atoms with E-state index in [1.807, 2.05) is 30.5 Å². The fourth-order valence-corrected chi connectivity index (χ4v) is 1.94. The second kappa shape index (κ2) is 3.41. The molecule has 0 radical (unpaired) electrons. The van der Waals surface area contributed by atoms with Gasteiger partial charge in [0.1, 0.15) is 0 Å². The van der Waals surface area contributed by atoms with Crippen LogP contribution < -0.4 is 0 Å². The van der Waals surface area contributed by atoms with Gasteiger partial charge in [0.15, 0.2) is 11.5 Å². The molecule has 3 heterocycles. The molecule has 0 atom stereocenters. The van der Waals surface area contributed by atoms with Gasteiger partial charge in [-0.3, -0.25) is 4.57 Å². The number of rotatable bonds is 1. The lowest BCUT2D eigenvalue weighted by Gasteiger charge is -2.01. The van der Waals surface area contributed by atoms with Gasteiger partial charge in [-0.2, -0.15) is 4.98 Å². The van der Waals surface area contributed by atoms with Crippen molar-refractivity contribution in [2.24, 2.45) is 0 Å². The lowest BCUT2D eigenvalue weighted by Crippen LogP contribution is -2.01. The zero-order valence-electron chi connectivity index (χ0n) is 9.55. The molecule has 3 rings (SSSR count). The lowest BCUT2D eigenvalue weighted by molar-refractivity contribution is 0.627. The maximum absolute atomic E-state index is 13.5. The van der Waals surface area contributed by atoms with Crippen LogP contribution in [0.15, 0.2) is 30.5 Å². The number of nitrogens with zero attached hydrogens (tertiary/aromatic N) is 4. The van der Waals surface area contributed by atoms with E-state index in [-0.39, 0.29) is 11.5 Å². The first-order valence-corrected chi connectivity index (χ1v) is 5.33. The minimum Gasteiger partial charge on any atom is -0.286 e. The minimum absolute atomic E-state index is 0.245. The van der Waals surface area contributed by atoms with Crippen molar-refractivity contribution in [3.63, 3.8) is 0 Å². The fraction of sp³-hybridized carbons (Fsp3) is 0.167. The number of hydrogen-bond donors (Lipinski definition) is 0. The first kappa shape index (κ1) is 10.0. The van der Waals surface area contributed by atoms with Crippen LogP contribution >= 0.6 is 0 Å². The quantitative estimate of drug-likeness (QED) is 0.642. The summed E-state index contributed by atoms with van der Waals surface area (Å²) in [4.78, 5) is 4.22. The molecular formula is C12H11FN4. The molecule has 0 N–H and O–H groups in total. The molecule has 0 aliphatic carbocycles. The summed E-state index contributed by atoms with van der Waals surface area (Å²) in [5, 5.41) is 4.27. The summed E-state index contributed by atoms with van der Waals surface area (Å²) in [7, 11) is 0. The van der Waals surface area contributed by atoms with Gasteiger partial charge in [0.05, 0.1) is 0 Å². The normalized spacial score (nSPS) is 11.2. The van der Waals surface area contributed by atoms with Crippen LogP contribution in [0.25, 0.3) is 11.6 Å². The summed E-state index contributed by atoms with van der Waals surface area (Å²) < 4.78 is 16.9. The van der Waals surface area contributed by atoms with Crippen LogP contribution in [-0.4, -0.2) is 19.2 Å². The predicted octanol–water partition coefficient (Wildman–Crippen LogP) is 2.28. The van der Waals surface area contributed by atoms with Crippen LogP contribution in [0.3, 0.4) is 0 Å². The molecule has 3 aromatic heterocycles. The summed E-state index contributed by atoms with van der Waals surface area (Å²) in [5.41, 5.74) is 2.30. The molecule has 0 saturated heterocycles. The van der Waals surface area contributed by atoms with Gasteiger partial charge in [-0.25, -0.2) is 8.91 Å². The Bertz CT molecular complexity index is 676. The van der Waals surface area contributed by atoms with Crippen LogP contribution in [0.5, 0.6) is 0 Å². The zero-order chi connectivity index (χ0) is 12.0. The van der Waals surface area contributed by atoms with Gasteiger partial charge in [0.25, 0.3) is 5.95 Å². The first-order valence-electron chi connectivity index (χ1n) is 5.33. The number of aromatic nitrogens is 4. The summed E-state index contributed by atoms with van der Waals surface area (Å²) in [5.74, 6) is 0.129. The molecule has 86 valence electrons. The molecule has 0 saturated carbocycles. The monoisotopic (exact) mass is 230 g/mol. The molecule has 0 aliphatic rings. The molecule has 3 aromatic rings. The highest BCUT2D eigenvalue weighted by Gasteiger charge is 2.11. The molecule has 4 nitrogen and oxygen atoms in total. The third-order valence-electron chi connectivity index (χ3n) is 2.77. The molecule has 0 bridgehead atoms. The molecule has 17 heavy (non-hydrogen) atoms. The van der Waals surface area contributed by atoms with E-state index in [1.54, 1.807) is 12.3 Å². The summed E-state index contributed by atoms with van der Waals surface area (Å²) >= 11 is 0.